The van der Waals surface area contributed by atoms with Gasteiger partial charge in [-0.05, 0) is 43.0 Å². The van der Waals surface area contributed by atoms with Gasteiger partial charge in [0.2, 0.25) is 0 Å². The Morgan fingerprint density at radius 1 is 0.844 bits per heavy atom. The Hall–Kier alpha value is -2.51. The van der Waals surface area contributed by atoms with Gasteiger partial charge in [-0.25, -0.2) is 0 Å². The van der Waals surface area contributed by atoms with Crippen molar-refractivity contribution in [1.29, 1.82) is 0 Å². The van der Waals surface area contributed by atoms with Gasteiger partial charge in [-0.15, -0.1) is 0 Å². The first-order chi connectivity index (χ1) is 15.4. The van der Waals surface area contributed by atoms with Crippen LogP contribution in [0.4, 0.5) is 0 Å². The molecule has 1 aliphatic carbocycles. The maximum absolute atomic E-state index is 12.8. The highest BCUT2D eigenvalue weighted by Crippen LogP contribution is 2.31. The molecule has 0 amide bonds. The van der Waals surface area contributed by atoms with E-state index in [2.05, 4.69) is 29.2 Å². The molecular formula is C26H29NO4S. The van der Waals surface area contributed by atoms with Crippen molar-refractivity contribution in [2.75, 3.05) is 0 Å². The molecule has 1 fully saturated rings. The van der Waals surface area contributed by atoms with Crippen LogP contribution in [-0.2, 0) is 27.4 Å². The SMILES string of the molecule is Cc1ccc(S(=O)(=O)O[C@@H]2CC[C@@H](N(Cc3ccccc3)Cc3ccccc3)[C@H]2O)cc1. The number of aliphatic hydroxyl groups excluding tert-OH is 1. The Morgan fingerprint density at radius 2 is 1.38 bits per heavy atom. The average molecular weight is 452 g/mol. The predicted octanol–water partition coefficient (Wildman–Crippen LogP) is 4.29. The van der Waals surface area contributed by atoms with Gasteiger partial charge in [-0.2, -0.15) is 8.42 Å². The highest BCUT2D eigenvalue weighted by Gasteiger charge is 2.41. The van der Waals surface area contributed by atoms with Crippen molar-refractivity contribution >= 4 is 10.1 Å². The van der Waals surface area contributed by atoms with E-state index >= 15 is 0 Å². The van der Waals surface area contributed by atoms with Crippen molar-refractivity contribution in [2.24, 2.45) is 0 Å². The second-order valence-corrected chi connectivity index (χ2v) is 9.99. The van der Waals surface area contributed by atoms with Crippen LogP contribution >= 0.6 is 0 Å². The number of aryl methyl sites for hydroxylation is 1. The highest BCUT2D eigenvalue weighted by atomic mass is 32.2. The van der Waals surface area contributed by atoms with E-state index in [0.29, 0.717) is 25.9 Å². The molecule has 32 heavy (non-hydrogen) atoms. The molecule has 168 valence electrons. The first-order valence-electron chi connectivity index (χ1n) is 10.9. The van der Waals surface area contributed by atoms with Gasteiger partial charge < -0.3 is 5.11 Å². The molecule has 3 atom stereocenters. The van der Waals surface area contributed by atoms with Crippen molar-refractivity contribution in [3.8, 4) is 0 Å². The standard InChI is InChI=1S/C26H29NO4S/c1-20-12-14-23(15-13-20)32(29,30)31-25-17-16-24(26(25)28)27(18-21-8-4-2-5-9-21)19-22-10-6-3-7-11-22/h2-15,24-26,28H,16-19H2,1H3/t24-,25-,26-/m1/s1. The highest BCUT2D eigenvalue weighted by molar-refractivity contribution is 7.86. The largest absolute Gasteiger partial charge is 0.389 e. The lowest BCUT2D eigenvalue weighted by molar-refractivity contribution is 0.00701. The molecule has 0 heterocycles. The predicted molar refractivity (Wildman–Crippen MR) is 124 cm³/mol. The molecule has 5 nitrogen and oxygen atoms in total. The molecule has 4 rings (SSSR count). The minimum absolute atomic E-state index is 0.115. The third kappa shape index (κ3) is 5.45. The smallest absolute Gasteiger partial charge is 0.297 e. The van der Waals surface area contributed by atoms with E-state index in [-0.39, 0.29) is 10.9 Å². The van der Waals surface area contributed by atoms with E-state index in [1.54, 1.807) is 24.3 Å². The van der Waals surface area contributed by atoms with Gasteiger partial charge >= 0.3 is 0 Å². The molecule has 3 aromatic carbocycles. The summed E-state index contributed by atoms with van der Waals surface area (Å²) in [5, 5.41) is 11.1. The van der Waals surface area contributed by atoms with Gasteiger partial charge in [-0.1, -0.05) is 78.4 Å². The van der Waals surface area contributed by atoms with E-state index in [0.717, 1.165) is 16.7 Å². The van der Waals surface area contributed by atoms with Crippen molar-refractivity contribution in [1.82, 2.24) is 4.90 Å². The van der Waals surface area contributed by atoms with Crippen LogP contribution < -0.4 is 0 Å². The molecule has 0 spiro atoms. The number of rotatable bonds is 8. The van der Waals surface area contributed by atoms with Gasteiger partial charge in [-0.3, -0.25) is 9.08 Å². The maximum atomic E-state index is 12.8. The van der Waals surface area contributed by atoms with Crippen molar-refractivity contribution in [2.45, 2.75) is 56.0 Å². The third-order valence-corrected chi connectivity index (χ3v) is 7.36. The molecule has 0 bridgehead atoms. The fourth-order valence-corrected chi connectivity index (χ4v) is 5.39. The fourth-order valence-electron chi connectivity index (χ4n) is 4.28. The summed E-state index contributed by atoms with van der Waals surface area (Å²) in [5.41, 5.74) is 3.27. The normalized spacial score (nSPS) is 21.2. The zero-order chi connectivity index (χ0) is 22.6. The minimum Gasteiger partial charge on any atom is -0.389 e. The van der Waals surface area contributed by atoms with Gasteiger partial charge in [0.1, 0.15) is 6.10 Å². The molecule has 1 N–H and O–H groups in total. The Labute approximate surface area is 190 Å². The zero-order valence-corrected chi connectivity index (χ0v) is 19.0. The van der Waals surface area contributed by atoms with Crippen LogP contribution in [0, 0.1) is 6.92 Å². The lowest BCUT2D eigenvalue weighted by Crippen LogP contribution is -2.43. The maximum Gasteiger partial charge on any atom is 0.297 e. The lowest BCUT2D eigenvalue weighted by Gasteiger charge is -2.32. The summed E-state index contributed by atoms with van der Waals surface area (Å²) in [7, 11) is -3.94. The quantitative estimate of drug-likeness (QED) is 0.518. The summed E-state index contributed by atoms with van der Waals surface area (Å²) in [6, 6.07) is 26.6. The summed E-state index contributed by atoms with van der Waals surface area (Å²) in [6.45, 7) is 3.22. The molecule has 0 saturated heterocycles. The molecule has 0 aromatic heterocycles. The number of aliphatic hydroxyl groups is 1. The third-order valence-electron chi connectivity index (χ3n) is 6.01. The Bertz CT molecular complexity index is 1060. The average Bonchev–Trinajstić information content (AvgIpc) is 3.14. The molecule has 0 aliphatic heterocycles. The molecule has 3 aromatic rings. The number of hydrogen-bond acceptors (Lipinski definition) is 5. The first-order valence-corrected chi connectivity index (χ1v) is 12.3. The van der Waals surface area contributed by atoms with Gasteiger partial charge in [0.05, 0.1) is 11.0 Å². The van der Waals surface area contributed by atoms with Crippen molar-refractivity contribution in [3.05, 3.63) is 102 Å². The summed E-state index contributed by atoms with van der Waals surface area (Å²) >= 11 is 0. The van der Waals surface area contributed by atoms with Crippen LogP contribution in [0.5, 0.6) is 0 Å². The summed E-state index contributed by atoms with van der Waals surface area (Å²) in [4.78, 5) is 2.33. The second-order valence-electron chi connectivity index (χ2n) is 8.41. The first kappa shape index (κ1) is 22.7. The van der Waals surface area contributed by atoms with E-state index in [4.69, 9.17) is 4.18 Å². The molecule has 1 aliphatic rings. The van der Waals surface area contributed by atoms with Gasteiger partial charge in [0.25, 0.3) is 10.1 Å². The summed E-state index contributed by atoms with van der Waals surface area (Å²) in [5.74, 6) is 0. The van der Waals surface area contributed by atoms with Crippen LogP contribution in [0.15, 0.2) is 89.8 Å². The number of hydrogen-bond donors (Lipinski definition) is 1. The van der Waals surface area contributed by atoms with Crippen molar-refractivity contribution in [3.63, 3.8) is 0 Å². The van der Waals surface area contributed by atoms with Crippen LogP contribution in [0.2, 0.25) is 0 Å². The molecule has 1 saturated carbocycles. The van der Waals surface area contributed by atoms with E-state index in [9.17, 15) is 13.5 Å². The fraction of sp³-hybridized carbons (Fsp3) is 0.308. The van der Waals surface area contributed by atoms with Gasteiger partial charge in [0.15, 0.2) is 0 Å². The van der Waals surface area contributed by atoms with Crippen molar-refractivity contribution < 1.29 is 17.7 Å². The molecule has 0 radical (unpaired) electrons. The van der Waals surface area contributed by atoms with E-state index in [1.807, 2.05) is 43.3 Å². The Morgan fingerprint density at radius 3 is 1.91 bits per heavy atom. The Balaban J connectivity index is 1.51. The topological polar surface area (TPSA) is 66.8 Å². The van der Waals surface area contributed by atoms with Gasteiger partial charge in [0, 0.05) is 19.1 Å². The number of benzene rings is 3. The van der Waals surface area contributed by atoms with Crippen LogP contribution in [-0.4, -0.2) is 36.7 Å². The van der Waals surface area contributed by atoms with E-state index in [1.165, 1.54) is 0 Å². The second kappa shape index (κ2) is 9.96. The van der Waals surface area contributed by atoms with E-state index < -0.39 is 22.3 Å². The van der Waals surface area contributed by atoms with Crippen LogP contribution in [0.1, 0.15) is 29.5 Å². The lowest BCUT2D eigenvalue weighted by atomic mass is 10.1. The van der Waals surface area contributed by atoms with Crippen LogP contribution in [0.3, 0.4) is 0 Å². The number of nitrogens with zero attached hydrogens (tertiary/aromatic N) is 1. The monoisotopic (exact) mass is 451 g/mol. The zero-order valence-electron chi connectivity index (χ0n) is 18.2. The molecule has 6 heteroatoms. The summed E-state index contributed by atoms with van der Waals surface area (Å²) in [6.07, 6.45) is -0.519. The van der Waals surface area contributed by atoms with Crippen LogP contribution in [0.25, 0.3) is 0 Å². The minimum atomic E-state index is -3.94. The summed E-state index contributed by atoms with van der Waals surface area (Å²) < 4.78 is 31.0. The molecular weight excluding hydrogens is 422 g/mol. The molecule has 0 unspecified atom stereocenters. The Kier molecular flexibility index (Phi) is 7.06.